The van der Waals surface area contributed by atoms with E-state index in [1.54, 1.807) is 30.2 Å². The van der Waals surface area contributed by atoms with Gasteiger partial charge in [0.2, 0.25) is 11.7 Å². The molecular weight excluding hydrogens is 468 g/mol. The minimum Gasteiger partial charge on any atom is -0.497 e. The normalized spacial score (nSPS) is 10.9. The average Bonchev–Trinajstić information content (AvgIpc) is 3.57. The van der Waals surface area contributed by atoms with Crippen molar-refractivity contribution in [3.8, 4) is 17.1 Å². The number of aromatic nitrogens is 3. The number of benzene rings is 2. The van der Waals surface area contributed by atoms with Crippen LogP contribution in [0.15, 0.2) is 68.8 Å². The van der Waals surface area contributed by atoms with E-state index in [1.807, 2.05) is 54.0 Å². The monoisotopic (exact) mass is 494 g/mol. The molecule has 9 heteroatoms. The zero-order chi connectivity index (χ0) is 23.6. The molecule has 4 aromatic rings. The largest absolute Gasteiger partial charge is 0.497 e. The molecule has 176 valence electrons. The van der Waals surface area contributed by atoms with Crippen molar-refractivity contribution in [1.82, 2.24) is 20.4 Å². The van der Waals surface area contributed by atoms with Crippen LogP contribution >= 0.6 is 23.1 Å². The predicted octanol–water partition coefficient (Wildman–Crippen LogP) is 5.64. The molecule has 2 aromatic heterocycles. The van der Waals surface area contributed by atoms with Gasteiger partial charge in [-0.3, -0.25) is 4.79 Å². The summed E-state index contributed by atoms with van der Waals surface area (Å²) in [4.78, 5) is 22.2. The van der Waals surface area contributed by atoms with E-state index in [1.165, 1.54) is 0 Å². The minimum absolute atomic E-state index is 0.0444. The average molecular weight is 495 g/mol. The van der Waals surface area contributed by atoms with E-state index in [0.717, 1.165) is 53.3 Å². The first-order valence-electron chi connectivity index (χ1n) is 11.1. The van der Waals surface area contributed by atoms with Crippen molar-refractivity contribution >= 4 is 29.0 Å². The molecule has 0 aliphatic heterocycles. The van der Waals surface area contributed by atoms with Gasteiger partial charge in [-0.05, 0) is 61.4 Å². The molecule has 0 saturated carbocycles. The Morgan fingerprint density at radius 1 is 1.09 bits per heavy atom. The number of aryl methyl sites for hydroxylation is 1. The smallest absolute Gasteiger partial charge is 0.251 e. The lowest BCUT2D eigenvalue weighted by Crippen LogP contribution is -2.24. The lowest BCUT2D eigenvalue weighted by Gasteiger charge is -2.06. The van der Waals surface area contributed by atoms with Gasteiger partial charge in [0.1, 0.15) is 5.75 Å². The number of carbonyl (C=O) groups is 1. The third-order valence-corrected chi connectivity index (χ3v) is 6.84. The SMILES string of the molecule is COc1ccc(-c2noc(CCCCCNC(=O)c3ccc(SCc4cscn4)cc3)n2)cc1. The van der Waals surface area contributed by atoms with Crippen LogP contribution in [0.4, 0.5) is 0 Å². The van der Waals surface area contributed by atoms with Gasteiger partial charge in [-0.15, -0.1) is 23.1 Å². The van der Waals surface area contributed by atoms with Crippen molar-refractivity contribution in [2.24, 2.45) is 0 Å². The Hall–Kier alpha value is -3.17. The third-order valence-electron chi connectivity index (χ3n) is 5.16. The maximum absolute atomic E-state index is 12.4. The first kappa shape index (κ1) is 24.0. The number of unbranched alkanes of at least 4 members (excludes halogenated alkanes) is 2. The van der Waals surface area contributed by atoms with Gasteiger partial charge >= 0.3 is 0 Å². The number of methoxy groups -OCH3 is 1. The zero-order valence-electron chi connectivity index (χ0n) is 18.9. The van der Waals surface area contributed by atoms with E-state index in [4.69, 9.17) is 9.26 Å². The van der Waals surface area contributed by atoms with E-state index in [-0.39, 0.29) is 5.91 Å². The molecule has 1 amide bonds. The van der Waals surface area contributed by atoms with E-state index >= 15 is 0 Å². The van der Waals surface area contributed by atoms with E-state index in [2.05, 4.69) is 25.8 Å². The Bertz CT molecular complexity index is 1160. The molecule has 0 bridgehead atoms. The number of nitrogens with one attached hydrogen (secondary N) is 1. The standard InChI is InChI=1S/C25H26N4O3S2/c1-31-21-10-6-18(7-11-21)24-28-23(32-29-24)5-3-2-4-14-26-25(30)19-8-12-22(13-9-19)34-16-20-15-33-17-27-20/h6-13,15,17H,2-5,14,16H2,1H3,(H,26,30). The quantitative estimate of drug-likeness (QED) is 0.201. The van der Waals surface area contributed by atoms with Gasteiger partial charge in [0, 0.05) is 40.1 Å². The third kappa shape index (κ3) is 6.91. The van der Waals surface area contributed by atoms with Gasteiger partial charge in [-0.25, -0.2) is 4.98 Å². The van der Waals surface area contributed by atoms with Crippen LogP contribution in [0.2, 0.25) is 0 Å². The van der Waals surface area contributed by atoms with Crippen LogP contribution in [0.1, 0.15) is 41.2 Å². The van der Waals surface area contributed by atoms with Crippen molar-refractivity contribution in [2.45, 2.75) is 36.3 Å². The lowest BCUT2D eigenvalue weighted by molar-refractivity contribution is 0.0953. The van der Waals surface area contributed by atoms with Crippen LogP contribution in [0.3, 0.4) is 0 Å². The first-order valence-corrected chi connectivity index (χ1v) is 13.0. The van der Waals surface area contributed by atoms with Crippen LogP contribution in [0.5, 0.6) is 5.75 Å². The summed E-state index contributed by atoms with van der Waals surface area (Å²) in [6.07, 6.45) is 3.50. The molecule has 0 spiro atoms. The van der Waals surface area contributed by atoms with Crippen molar-refractivity contribution in [2.75, 3.05) is 13.7 Å². The van der Waals surface area contributed by atoms with Gasteiger partial charge in [-0.2, -0.15) is 4.98 Å². The van der Waals surface area contributed by atoms with Gasteiger partial charge in [0.15, 0.2) is 0 Å². The topological polar surface area (TPSA) is 90.1 Å². The van der Waals surface area contributed by atoms with Crippen LogP contribution in [0, 0.1) is 0 Å². The molecule has 0 saturated heterocycles. The summed E-state index contributed by atoms with van der Waals surface area (Å²) < 4.78 is 10.5. The highest BCUT2D eigenvalue weighted by atomic mass is 32.2. The van der Waals surface area contributed by atoms with Gasteiger partial charge in [0.05, 0.1) is 18.3 Å². The first-order chi connectivity index (χ1) is 16.7. The van der Waals surface area contributed by atoms with Crippen molar-refractivity contribution in [1.29, 1.82) is 0 Å². The summed E-state index contributed by atoms with van der Waals surface area (Å²) in [6.45, 7) is 0.639. The van der Waals surface area contributed by atoms with E-state index < -0.39 is 0 Å². The van der Waals surface area contributed by atoms with Gasteiger partial charge in [-0.1, -0.05) is 11.6 Å². The summed E-state index contributed by atoms with van der Waals surface area (Å²) in [5.74, 6) is 2.79. The highest BCUT2D eigenvalue weighted by Crippen LogP contribution is 2.23. The second kappa shape index (κ2) is 12.3. The fraction of sp³-hybridized carbons (Fsp3) is 0.280. The van der Waals surface area contributed by atoms with E-state index in [9.17, 15) is 4.79 Å². The number of thioether (sulfide) groups is 1. The molecule has 0 unspecified atom stereocenters. The second-order valence-corrected chi connectivity index (χ2v) is 9.37. The Labute approximate surface area is 207 Å². The minimum atomic E-state index is -0.0444. The maximum atomic E-state index is 12.4. The molecule has 0 radical (unpaired) electrons. The van der Waals surface area contributed by atoms with Gasteiger partial charge < -0.3 is 14.6 Å². The molecule has 2 heterocycles. The van der Waals surface area contributed by atoms with Crippen LogP contribution < -0.4 is 10.1 Å². The Kier molecular flexibility index (Phi) is 8.70. The number of rotatable bonds is 12. The molecule has 1 N–H and O–H groups in total. The van der Waals surface area contributed by atoms with Crippen molar-refractivity contribution in [3.63, 3.8) is 0 Å². The van der Waals surface area contributed by atoms with Gasteiger partial charge in [0.25, 0.3) is 5.91 Å². The molecule has 2 aromatic carbocycles. The molecule has 4 rings (SSSR count). The van der Waals surface area contributed by atoms with Crippen molar-refractivity contribution < 1.29 is 14.1 Å². The number of ether oxygens (including phenoxy) is 1. The van der Waals surface area contributed by atoms with Crippen LogP contribution in [-0.4, -0.2) is 34.7 Å². The lowest BCUT2D eigenvalue weighted by atomic mass is 10.1. The molecular formula is C25H26N4O3S2. The maximum Gasteiger partial charge on any atom is 0.251 e. The van der Waals surface area contributed by atoms with E-state index in [0.29, 0.717) is 23.8 Å². The summed E-state index contributed by atoms with van der Waals surface area (Å²) in [5.41, 5.74) is 4.49. The Balaban J connectivity index is 1.12. The number of carbonyl (C=O) groups excluding carboxylic acids is 1. The number of hydrogen-bond donors (Lipinski definition) is 1. The summed E-state index contributed by atoms with van der Waals surface area (Å²) >= 11 is 3.32. The molecule has 0 aliphatic rings. The molecule has 0 atom stereocenters. The van der Waals surface area contributed by atoms with Crippen LogP contribution in [0.25, 0.3) is 11.4 Å². The number of amides is 1. The number of nitrogens with zero attached hydrogens (tertiary/aromatic N) is 3. The molecule has 34 heavy (non-hydrogen) atoms. The summed E-state index contributed by atoms with van der Waals surface area (Å²) in [7, 11) is 1.63. The summed E-state index contributed by atoms with van der Waals surface area (Å²) in [5, 5.41) is 9.10. The summed E-state index contributed by atoms with van der Waals surface area (Å²) in [6, 6.07) is 15.3. The molecule has 0 fully saturated rings. The molecule has 0 aliphatic carbocycles. The Morgan fingerprint density at radius 3 is 2.65 bits per heavy atom. The molecule has 7 nitrogen and oxygen atoms in total. The highest BCUT2D eigenvalue weighted by molar-refractivity contribution is 7.98. The zero-order valence-corrected chi connectivity index (χ0v) is 20.5. The fourth-order valence-electron chi connectivity index (χ4n) is 3.26. The predicted molar refractivity (Wildman–Crippen MR) is 134 cm³/mol. The second-order valence-electron chi connectivity index (χ2n) is 7.60. The van der Waals surface area contributed by atoms with Crippen LogP contribution in [-0.2, 0) is 12.2 Å². The van der Waals surface area contributed by atoms with Crippen molar-refractivity contribution in [3.05, 3.63) is 76.6 Å². The fourth-order valence-corrected chi connectivity index (χ4v) is 4.73. The Morgan fingerprint density at radius 2 is 1.91 bits per heavy atom. The highest BCUT2D eigenvalue weighted by Gasteiger charge is 2.09. The number of hydrogen-bond acceptors (Lipinski definition) is 8. The number of thiazole rings is 1.